The molecule has 2 N–H and O–H groups in total. The smallest absolute Gasteiger partial charge is 0.222 e. The van der Waals surface area contributed by atoms with Gasteiger partial charge in [-0.15, -0.1) is 0 Å². The number of hydrogen-bond acceptors (Lipinski definition) is 3. The molecule has 0 unspecified atom stereocenters. The molecule has 0 atom stereocenters. The molecule has 0 aromatic carbocycles. The van der Waals surface area contributed by atoms with Gasteiger partial charge in [-0.3, -0.25) is 4.79 Å². The van der Waals surface area contributed by atoms with Crippen LogP contribution < -0.4 is 10.6 Å². The minimum atomic E-state index is 0.160. The third-order valence-corrected chi connectivity index (χ3v) is 3.45. The van der Waals surface area contributed by atoms with E-state index >= 15 is 0 Å². The molecule has 5 heteroatoms. The van der Waals surface area contributed by atoms with Gasteiger partial charge in [0, 0.05) is 37.4 Å². The second-order valence-electron chi connectivity index (χ2n) is 5.28. The fourth-order valence-electron chi connectivity index (χ4n) is 1.98. The van der Waals surface area contributed by atoms with Gasteiger partial charge >= 0.3 is 0 Å². The predicted molar refractivity (Wildman–Crippen MR) is 67.9 cm³/mol. The summed E-state index contributed by atoms with van der Waals surface area (Å²) in [4.78, 5) is 16.0. The first-order valence-electron chi connectivity index (χ1n) is 6.84. The van der Waals surface area contributed by atoms with Crippen molar-refractivity contribution in [3.63, 3.8) is 0 Å². The van der Waals surface area contributed by atoms with Crippen molar-refractivity contribution < 1.29 is 4.79 Å². The van der Waals surface area contributed by atoms with Crippen molar-refractivity contribution in [1.29, 1.82) is 0 Å². The normalized spacial score (nSPS) is 18.9. The van der Waals surface area contributed by atoms with Gasteiger partial charge < -0.3 is 15.2 Å². The van der Waals surface area contributed by atoms with Crippen molar-refractivity contribution in [2.24, 2.45) is 0 Å². The molecule has 18 heavy (non-hydrogen) atoms. The summed E-state index contributed by atoms with van der Waals surface area (Å²) in [6, 6.07) is 1.14. The molecule has 5 nitrogen and oxygen atoms in total. The molecule has 1 aromatic rings. The molecule has 1 heterocycles. The second-order valence-corrected chi connectivity index (χ2v) is 5.28. The number of carbonyl (C=O) groups is 1. The van der Waals surface area contributed by atoms with E-state index < -0.39 is 0 Å². The summed E-state index contributed by atoms with van der Waals surface area (Å²) < 4.78 is 2.07. The lowest BCUT2D eigenvalue weighted by atomic mass is 10.3. The van der Waals surface area contributed by atoms with E-state index in [9.17, 15) is 4.79 Å². The summed E-state index contributed by atoms with van der Waals surface area (Å²) in [7, 11) is 0. The van der Waals surface area contributed by atoms with E-state index in [0.717, 1.165) is 31.8 Å². The van der Waals surface area contributed by atoms with Crippen LogP contribution in [0.1, 0.15) is 37.9 Å². The van der Waals surface area contributed by atoms with Crippen LogP contribution in [0.25, 0.3) is 0 Å². The third kappa shape index (κ3) is 3.32. The zero-order valence-electron chi connectivity index (χ0n) is 10.6. The monoisotopic (exact) mass is 248 g/mol. The van der Waals surface area contributed by atoms with Crippen LogP contribution in [0.5, 0.6) is 0 Å². The Labute approximate surface area is 107 Å². The largest absolute Gasteiger partial charge is 0.353 e. The van der Waals surface area contributed by atoms with Gasteiger partial charge in [0.15, 0.2) is 0 Å². The van der Waals surface area contributed by atoms with Gasteiger partial charge in [0.1, 0.15) is 5.82 Å². The van der Waals surface area contributed by atoms with Crippen LogP contribution in [0.2, 0.25) is 0 Å². The third-order valence-electron chi connectivity index (χ3n) is 3.45. The quantitative estimate of drug-likeness (QED) is 0.750. The molecule has 0 aliphatic heterocycles. The number of nitrogens with zero attached hydrogens (tertiary/aromatic N) is 2. The number of amides is 1. The van der Waals surface area contributed by atoms with E-state index in [2.05, 4.69) is 20.2 Å². The number of carbonyl (C=O) groups excluding carboxylic acids is 1. The Balaban J connectivity index is 1.45. The van der Waals surface area contributed by atoms with Crippen LogP contribution >= 0.6 is 0 Å². The van der Waals surface area contributed by atoms with Crippen molar-refractivity contribution in [2.75, 3.05) is 0 Å². The maximum atomic E-state index is 11.6. The summed E-state index contributed by atoms with van der Waals surface area (Å²) in [6.07, 6.45) is 9.16. The number of hydrogen-bond donors (Lipinski definition) is 2. The highest BCUT2D eigenvalue weighted by molar-refractivity contribution is 5.76. The van der Waals surface area contributed by atoms with E-state index in [-0.39, 0.29) is 5.91 Å². The number of rotatable bonds is 7. The molecule has 0 spiro atoms. The Hall–Kier alpha value is -1.36. The second kappa shape index (κ2) is 5.10. The fourth-order valence-corrected chi connectivity index (χ4v) is 1.98. The summed E-state index contributed by atoms with van der Waals surface area (Å²) >= 11 is 0. The highest BCUT2D eigenvalue weighted by Crippen LogP contribution is 2.19. The average Bonchev–Trinajstić information content (AvgIpc) is 3.27. The highest BCUT2D eigenvalue weighted by Gasteiger charge is 2.23. The minimum absolute atomic E-state index is 0.160. The molecule has 3 rings (SSSR count). The Morgan fingerprint density at radius 3 is 2.83 bits per heavy atom. The summed E-state index contributed by atoms with van der Waals surface area (Å²) in [6.45, 7) is 1.53. The maximum absolute atomic E-state index is 11.6. The lowest BCUT2D eigenvalue weighted by Gasteiger charge is -2.08. The van der Waals surface area contributed by atoms with Crippen LogP contribution in [-0.2, 0) is 17.9 Å². The molecular formula is C13H20N4O. The Bertz CT molecular complexity index is 420. The van der Waals surface area contributed by atoms with E-state index in [4.69, 9.17) is 0 Å². The first kappa shape index (κ1) is 11.7. The molecule has 0 bridgehead atoms. The number of aromatic nitrogens is 2. The summed E-state index contributed by atoms with van der Waals surface area (Å²) in [5, 5.41) is 6.45. The van der Waals surface area contributed by atoms with Crippen LogP contribution in [0.3, 0.4) is 0 Å². The topological polar surface area (TPSA) is 59.0 Å². The van der Waals surface area contributed by atoms with Gasteiger partial charge in [-0.05, 0) is 25.7 Å². The average molecular weight is 248 g/mol. The van der Waals surface area contributed by atoms with Crippen LogP contribution in [0.4, 0.5) is 0 Å². The zero-order valence-corrected chi connectivity index (χ0v) is 10.6. The van der Waals surface area contributed by atoms with Crippen molar-refractivity contribution >= 4 is 5.91 Å². The van der Waals surface area contributed by atoms with E-state index in [1.807, 2.05) is 12.4 Å². The summed E-state index contributed by atoms with van der Waals surface area (Å²) in [5.41, 5.74) is 0. The molecule has 2 aliphatic rings. The standard InChI is InChI=1S/C13H20N4O/c18-13(16-11-3-4-11)5-7-17-8-6-14-12(17)9-15-10-1-2-10/h6,8,10-11,15H,1-5,7,9H2,(H,16,18). The van der Waals surface area contributed by atoms with Gasteiger partial charge in [-0.1, -0.05) is 0 Å². The van der Waals surface area contributed by atoms with Crippen molar-refractivity contribution in [3.8, 4) is 0 Å². The first-order chi connectivity index (χ1) is 8.81. The SMILES string of the molecule is O=C(CCn1ccnc1CNC1CC1)NC1CC1. The number of nitrogens with one attached hydrogen (secondary N) is 2. The molecule has 1 aromatic heterocycles. The molecule has 0 radical (unpaired) electrons. The molecule has 98 valence electrons. The predicted octanol–water partition coefficient (Wildman–Crippen LogP) is 0.804. The Kier molecular flexibility index (Phi) is 3.32. The molecular weight excluding hydrogens is 228 g/mol. The lowest BCUT2D eigenvalue weighted by molar-refractivity contribution is -0.121. The van der Waals surface area contributed by atoms with Crippen molar-refractivity contribution in [3.05, 3.63) is 18.2 Å². The number of aryl methyl sites for hydroxylation is 1. The maximum Gasteiger partial charge on any atom is 0.222 e. The van der Waals surface area contributed by atoms with E-state index in [0.29, 0.717) is 18.5 Å². The lowest BCUT2D eigenvalue weighted by Crippen LogP contribution is -2.27. The first-order valence-corrected chi connectivity index (χ1v) is 6.84. The van der Waals surface area contributed by atoms with Gasteiger partial charge in [0.05, 0.1) is 6.54 Å². The Morgan fingerprint density at radius 1 is 1.33 bits per heavy atom. The highest BCUT2D eigenvalue weighted by atomic mass is 16.1. The van der Waals surface area contributed by atoms with Crippen LogP contribution in [-0.4, -0.2) is 27.5 Å². The molecule has 2 fully saturated rings. The molecule has 0 saturated heterocycles. The van der Waals surface area contributed by atoms with Gasteiger partial charge in [0.25, 0.3) is 0 Å². The molecule has 1 amide bonds. The van der Waals surface area contributed by atoms with Crippen molar-refractivity contribution in [2.45, 2.75) is 57.3 Å². The van der Waals surface area contributed by atoms with Gasteiger partial charge in [0.2, 0.25) is 5.91 Å². The number of imidazole rings is 1. The molecule has 2 saturated carbocycles. The minimum Gasteiger partial charge on any atom is -0.353 e. The molecule has 2 aliphatic carbocycles. The Morgan fingerprint density at radius 2 is 2.11 bits per heavy atom. The van der Waals surface area contributed by atoms with Crippen LogP contribution in [0.15, 0.2) is 12.4 Å². The van der Waals surface area contributed by atoms with Crippen LogP contribution in [0, 0.1) is 0 Å². The van der Waals surface area contributed by atoms with E-state index in [1.165, 1.54) is 12.8 Å². The van der Waals surface area contributed by atoms with Gasteiger partial charge in [-0.2, -0.15) is 0 Å². The fraction of sp³-hybridized carbons (Fsp3) is 0.692. The van der Waals surface area contributed by atoms with E-state index in [1.54, 1.807) is 0 Å². The zero-order chi connectivity index (χ0) is 12.4. The van der Waals surface area contributed by atoms with Gasteiger partial charge in [-0.25, -0.2) is 4.98 Å². The summed E-state index contributed by atoms with van der Waals surface area (Å²) in [5.74, 6) is 1.19. The van der Waals surface area contributed by atoms with Crippen molar-refractivity contribution in [1.82, 2.24) is 20.2 Å².